The molecule has 0 aromatic heterocycles. The number of halogens is 3. The van der Waals surface area contributed by atoms with Crippen molar-refractivity contribution < 1.29 is 4.39 Å². The maximum Gasteiger partial charge on any atom is 0.110 e. The summed E-state index contributed by atoms with van der Waals surface area (Å²) >= 11 is 12.0. The minimum atomic E-state index is -1.01. The zero-order chi connectivity index (χ0) is 13.3. The van der Waals surface area contributed by atoms with Gasteiger partial charge in [-0.05, 0) is 50.5 Å². The van der Waals surface area contributed by atoms with Crippen LogP contribution in [0.4, 0.5) is 4.39 Å². The van der Waals surface area contributed by atoms with Crippen LogP contribution in [-0.2, 0) is 0 Å². The second-order valence-electron chi connectivity index (χ2n) is 5.33. The van der Waals surface area contributed by atoms with E-state index >= 15 is 0 Å². The Morgan fingerprint density at radius 1 is 1.17 bits per heavy atom. The first-order valence-corrected chi connectivity index (χ1v) is 7.02. The molecule has 0 saturated carbocycles. The number of hydrogen-bond donors (Lipinski definition) is 0. The number of hydrogen-bond acceptors (Lipinski definition) is 1. The number of likely N-dealkylation sites (tertiary alicyclic amines) is 1. The van der Waals surface area contributed by atoms with Crippen LogP contribution in [0.25, 0.3) is 0 Å². The lowest BCUT2D eigenvalue weighted by molar-refractivity contribution is 0.0550. The lowest BCUT2D eigenvalue weighted by atomic mass is 9.93. The molecule has 1 saturated heterocycles. The standard InChI is InChI=1S/C14H18Cl2FN/c1-10(11-7-12(15)9-13(16)8-11)18-5-3-14(2,17)4-6-18/h7-10H,3-6H2,1-2H3. The molecule has 1 aliphatic rings. The number of rotatable bonds is 2. The Kier molecular flexibility index (Phi) is 4.20. The molecule has 1 fully saturated rings. The van der Waals surface area contributed by atoms with E-state index in [0.717, 1.165) is 18.7 Å². The van der Waals surface area contributed by atoms with Crippen molar-refractivity contribution in [2.45, 2.75) is 38.4 Å². The summed E-state index contributed by atoms with van der Waals surface area (Å²) in [6.07, 6.45) is 1.18. The summed E-state index contributed by atoms with van der Waals surface area (Å²) in [5.41, 5.74) is 0.0808. The largest absolute Gasteiger partial charge is 0.296 e. The van der Waals surface area contributed by atoms with Crippen molar-refractivity contribution in [2.75, 3.05) is 13.1 Å². The molecule has 1 heterocycles. The molecule has 18 heavy (non-hydrogen) atoms. The Balaban J connectivity index is 2.09. The van der Waals surface area contributed by atoms with Gasteiger partial charge >= 0.3 is 0 Å². The van der Waals surface area contributed by atoms with Crippen molar-refractivity contribution in [1.82, 2.24) is 4.90 Å². The predicted molar refractivity (Wildman–Crippen MR) is 75.2 cm³/mol. The molecular weight excluding hydrogens is 272 g/mol. The van der Waals surface area contributed by atoms with Gasteiger partial charge in [-0.15, -0.1) is 0 Å². The van der Waals surface area contributed by atoms with Gasteiger partial charge in [0.2, 0.25) is 0 Å². The normalized spacial score (nSPS) is 21.8. The van der Waals surface area contributed by atoms with Crippen molar-refractivity contribution in [3.05, 3.63) is 33.8 Å². The summed E-state index contributed by atoms with van der Waals surface area (Å²) in [5, 5.41) is 1.30. The number of nitrogens with zero attached hydrogens (tertiary/aromatic N) is 1. The number of benzene rings is 1. The molecule has 0 radical (unpaired) electrons. The average Bonchev–Trinajstić information content (AvgIpc) is 2.27. The van der Waals surface area contributed by atoms with E-state index in [-0.39, 0.29) is 6.04 Å². The Bertz CT molecular complexity index is 404. The Labute approximate surface area is 118 Å². The van der Waals surface area contributed by atoms with Gasteiger partial charge in [0.25, 0.3) is 0 Å². The molecule has 1 aliphatic heterocycles. The highest BCUT2D eigenvalue weighted by atomic mass is 35.5. The lowest BCUT2D eigenvalue weighted by Crippen LogP contribution is -2.41. The van der Waals surface area contributed by atoms with Crippen LogP contribution in [0.3, 0.4) is 0 Å². The van der Waals surface area contributed by atoms with Gasteiger partial charge in [-0.3, -0.25) is 4.90 Å². The Morgan fingerprint density at radius 2 is 1.67 bits per heavy atom. The van der Waals surface area contributed by atoms with Gasteiger partial charge in [-0.25, -0.2) is 4.39 Å². The molecule has 0 bridgehead atoms. The van der Waals surface area contributed by atoms with Gasteiger partial charge in [-0.1, -0.05) is 23.2 Å². The smallest absolute Gasteiger partial charge is 0.110 e. The van der Waals surface area contributed by atoms with Crippen LogP contribution in [0.2, 0.25) is 10.0 Å². The van der Waals surface area contributed by atoms with Crippen LogP contribution < -0.4 is 0 Å². The van der Waals surface area contributed by atoms with Crippen LogP contribution >= 0.6 is 23.2 Å². The molecule has 1 atom stereocenters. The quantitative estimate of drug-likeness (QED) is 0.750. The summed E-state index contributed by atoms with van der Waals surface area (Å²) in [5.74, 6) is 0. The second kappa shape index (κ2) is 5.36. The summed E-state index contributed by atoms with van der Waals surface area (Å²) in [6, 6.07) is 5.81. The zero-order valence-corrected chi connectivity index (χ0v) is 12.2. The summed E-state index contributed by atoms with van der Waals surface area (Å²) < 4.78 is 13.8. The van der Waals surface area contributed by atoms with Crippen LogP contribution in [0.1, 0.15) is 38.3 Å². The van der Waals surface area contributed by atoms with Crippen LogP contribution in [0, 0.1) is 0 Å². The highest BCUT2D eigenvalue weighted by molar-refractivity contribution is 6.34. The van der Waals surface area contributed by atoms with Gasteiger partial charge in [0.05, 0.1) is 0 Å². The summed E-state index contributed by atoms with van der Waals surface area (Å²) in [7, 11) is 0. The van der Waals surface area contributed by atoms with Crippen molar-refractivity contribution in [2.24, 2.45) is 0 Å². The van der Waals surface area contributed by atoms with E-state index in [4.69, 9.17) is 23.2 Å². The van der Waals surface area contributed by atoms with E-state index in [2.05, 4.69) is 11.8 Å². The molecule has 2 rings (SSSR count). The Morgan fingerprint density at radius 3 is 2.17 bits per heavy atom. The molecular formula is C14H18Cl2FN. The minimum absolute atomic E-state index is 0.220. The van der Waals surface area contributed by atoms with E-state index in [0.29, 0.717) is 22.9 Å². The van der Waals surface area contributed by atoms with Gasteiger partial charge in [0, 0.05) is 29.2 Å². The third kappa shape index (κ3) is 3.37. The highest BCUT2D eigenvalue weighted by Crippen LogP contribution is 2.32. The van der Waals surface area contributed by atoms with E-state index in [9.17, 15) is 4.39 Å². The molecule has 4 heteroatoms. The maximum absolute atomic E-state index is 13.8. The van der Waals surface area contributed by atoms with Crippen LogP contribution in [0.15, 0.2) is 18.2 Å². The SMILES string of the molecule is CC(c1cc(Cl)cc(Cl)c1)N1CCC(C)(F)CC1. The average molecular weight is 290 g/mol. The van der Waals surface area contributed by atoms with Gasteiger partial charge in [0.1, 0.15) is 5.67 Å². The van der Waals surface area contributed by atoms with E-state index < -0.39 is 5.67 Å². The third-order valence-electron chi connectivity index (χ3n) is 3.76. The first kappa shape index (κ1) is 14.1. The first-order chi connectivity index (χ1) is 8.37. The van der Waals surface area contributed by atoms with E-state index in [1.54, 1.807) is 13.0 Å². The monoisotopic (exact) mass is 289 g/mol. The molecule has 100 valence electrons. The molecule has 1 nitrogen and oxygen atoms in total. The van der Waals surface area contributed by atoms with Crippen molar-refractivity contribution in [3.8, 4) is 0 Å². The first-order valence-electron chi connectivity index (χ1n) is 6.26. The van der Waals surface area contributed by atoms with E-state index in [1.165, 1.54) is 0 Å². The fourth-order valence-electron chi connectivity index (χ4n) is 2.40. The summed E-state index contributed by atoms with van der Waals surface area (Å²) in [6.45, 7) is 5.35. The number of piperidine rings is 1. The topological polar surface area (TPSA) is 3.24 Å². The van der Waals surface area contributed by atoms with Crippen LogP contribution in [-0.4, -0.2) is 23.7 Å². The second-order valence-corrected chi connectivity index (χ2v) is 6.20. The summed E-state index contributed by atoms with van der Waals surface area (Å²) in [4.78, 5) is 2.28. The maximum atomic E-state index is 13.8. The van der Waals surface area contributed by atoms with Gasteiger partial charge in [-0.2, -0.15) is 0 Å². The molecule has 0 amide bonds. The van der Waals surface area contributed by atoms with Crippen molar-refractivity contribution in [3.63, 3.8) is 0 Å². The zero-order valence-electron chi connectivity index (χ0n) is 10.7. The van der Waals surface area contributed by atoms with Gasteiger partial charge in [0.15, 0.2) is 0 Å². The molecule has 1 aromatic rings. The molecule has 0 aliphatic carbocycles. The van der Waals surface area contributed by atoms with Crippen LogP contribution in [0.5, 0.6) is 0 Å². The molecule has 1 unspecified atom stereocenters. The van der Waals surface area contributed by atoms with E-state index in [1.807, 2.05) is 12.1 Å². The number of alkyl halides is 1. The lowest BCUT2D eigenvalue weighted by Gasteiger charge is -2.38. The van der Waals surface area contributed by atoms with Crippen molar-refractivity contribution >= 4 is 23.2 Å². The molecule has 0 spiro atoms. The predicted octanol–water partition coefficient (Wildman–Crippen LogP) is 4.88. The molecule has 1 aromatic carbocycles. The molecule has 0 N–H and O–H groups in total. The fraction of sp³-hybridized carbons (Fsp3) is 0.571. The van der Waals surface area contributed by atoms with Gasteiger partial charge < -0.3 is 0 Å². The minimum Gasteiger partial charge on any atom is -0.296 e. The third-order valence-corrected chi connectivity index (χ3v) is 4.19. The fourth-order valence-corrected chi connectivity index (χ4v) is 2.95. The Hall–Kier alpha value is -0.310. The highest BCUT2D eigenvalue weighted by Gasteiger charge is 2.31. The van der Waals surface area contributed by atoms with Crippen molar-refractivity contribution in [1.29, 1.82) is 0 Å².